The normalized spacial score (nSPS) is 10.7. The highest BCUT2D eigenvalue weighted by atomic mass is 16.5. The van der Waals surface area contributed by atoms with Gasteiger partial charge in [-0.15, -0.1) is 0 Å². The maximum Gasteiger partial charge on any atom is 0.305 e. The Morgan fingerprint density at radius 1 is 1.42 bits per heavy atom. The molecule has 0 aliphatic rings. The number of carbonyl (C=O) groups excluding carboxylic acids is 1. The van der Waals surface area contributed by atoms with E-state index in [1.807, 2.05) is 31.8 Å². The first-order chi connectivity index (χ1) is 9.13. The summed E-state index contributed by atoms with van der Waals surface area (Å²) in [5, 5.41) is 7.70. The number of nitrogens with one attached hydrogen (secondary N) is 1. The first kappa shape index (κ1) is 15.7. The smallest absolute Gasteiger partial charge is 0.305 e. The van der Waals surface area contributed by atoms with E-state index in [2.05, 4.69) is 10.4 Å². The molecule has 1 N–H and O–H groups in total. The monoisotopic (exact) mass is 267 g/mol. The number of aryl methyl sites for hydroxylation is 2. The molecular formula is C14H25N3O2. The molecular weight excluding hydrogens is 242 g/mol. The van der Waals surface area contributed by atoms with Crippen LogP contribution in [0.4, 0.5) is 0 Å². The van der Waals surface area contributed by atoms with E-state index in [9.17, 15) is 4.79 Å². The lowest BCUT2D eigenvalue weighted by Crippen LogP contribution is -2.15. The summed E-state index contributed by atoms with van der Waals surface area (Å²) in [4.78, 5) is 11.1. The predicted octanol–water partition coefficient (Wildman–Crippen LogP) is 1.94. The van der Waals surface area contributed by atoms with Crippen LogP contribution in [0.3, 0.4) is 0 Å². The summed E-state index contributed by atoms with van der Waals surface area (Å²) < 4.78 is 6.72. The van der Waals surface area contributed by atoms with E-state index in [4.69, 9.17) is 4.74 Å². The molecule has 0 saturated carbocycles. The molecule has 1 aromatic rings. The first-order valence-electron chi connectivity index (χ1n) is 6.99. The van der Waals surface area contributed by atoms with Crippen LogP contribution in [0.15, 0.2) is 6.20 Å². The van der Waals surface area contributed by atoms with Crippen LogP contribution in [-0.4, -0.2) is 28.9 Å². The molecule has 0 atom stereocenters. The molecule has 5 nitrogen and oxygen atoms in total. The standard InChI is InChI=1S/C14H25N3O2/c1-4-19-14(18)8-6-5-7-9-15-10-13-11-17(3)16-12(13)2/h11,15H,4-10H2,1-3H3. The van der Waals surface area contributed by atoms with Crippen molar-refractivity contribution in [1.82, 2.24) is 15.1 Å². The maximum atomic E-state index is 11.1. The lowest BCUT2D eigenvalue weighted by molar-refractivity contribution is -0.143. The molecule has 5 heteroatoms. The van der Waals surface area contributed by atoms with E-state index in [1.54, 1.807) is 0 Å². The van der Waals surface area contributed by atoms with Gasteiger partial charge in [0, 0.05) is 31.8 Å². The molecule has 0 saturated heterocycles. The van der Waals surface area contributed by atoms with Crippen LogP contribution in [0.2, 0.25) is 0 Å². The molecule has 0 aliphatic heterocycles. The Morgan fingerprint density at radius 2 is 2.21 bits per heavy atom. The van der Waals surface area contributed by atoms with Crippen molar-refractivity contribution >= 4 is 5.97 Å². The molecule has 0 spiro atoms. The van der Waals surface area contributed by atoms with Crippen molar-refractivity contribution in [2.45, 2.75) is 46.1 Å². The molecule has 1 aromatic heterocycles. The number of hydrogen-bond donors (Lipinski definition) is 1. The highest BCUT2D eigenvalue weighted by molar-refractivity contribution is 5.69. The van der Waals surface area contributed by atoms with Gasteiger partial charge in [-0.2, -0.15) is 5.10 Å². The summed E-state index contributed by atoms with van der Waals surface area (Å²) in [5.74, 6) is -0.0820. The highest BCUT2D eigenvalue weighted by Crippen LogP contribution is 2.04. The van der Waals surface area contributed by atoms with E-state index in [0.29, 0.717) is 13.0 Å². The van der Waals surface area contributed by atoms with Gasteiger partial charge in [0.05, 0.1) is 12.3 Å². The minimum atomic E-state index is -0.0820. The third-order valence-electron chi connectivity index (χ3n) is 2.97. The molecule has 0 fully saturated rings. The number of ether oxygens (including phenoxy) is 1. The quantitative estimate of drug-likeness (QED) is 0.549. The Kier molecular flexibility index (Phi) is 7.18. The number of hydrogen-bond acceptors (Lipinski definition) is 4. The lowest BCUT2D eigenvalue weighted by Gasteiger charge is -2.04. The van der Waals surface area contributed by atoms with E-state index in [0.717, 1.165) is 38.0 Å². The number of aromatic nitrogens is 2. The summed E-state index contributed by atoms with van der Waals surface area (Å²) in [5.41, 5.74) is 2.33. The second kappa shape index (κ2) is 8.69. The SMILES string of the molecule is CCOC(=O)CCCCCNCc1cn(C)nc1C. The van der Waals surface area contributed by atoms with E-state index in [-0.39, 0.29) is 5.97 Å². The second-order valence-corrected chi connectivity index (χ2v) is 4.71. The van der Waals surface area contributed by atoms with Gasteiger partial charge in [-0.05, 0) is 33.2 Å². The average Bonchev–Trinajstić information content (AvgIpc) is 2.67. The largest absolute Gasteiger partial charge is 0.466 e. The van der Waals surface area contributed by atoms with Gasteiger partial charge in [0.1, 0.15) is 0 Å². The van der Waals surface area contributed by atoms with Crippen LogP contribution < -0.4 is 5.32 Å². The van der Waals surface area contributed by atoms with Crippen molar-refractivity contribution < 1.29 is 9.53 Å². The number of rotatable bonds is 9. The van der Waals surface area contributed by atoms with Crippen LogP contribution in [0.25, 0.3) is 0 Å². The van der Waals surface area contributed by atoms with Crippen molar-refractivity contribution in [2.75, 3.05) is 13.2 Å². The number of unbranched alkanes of at least 4 members (excludes halogenated alkanes) is 2. The Morgan fingerprint density at radius 3 is 2.84 bits per heavy atom. The fourth-order valence-electron chi connectivity index (χ4n) is 1.97. The third-order valence-corrected chi connectivity index (χ3v) is 2.97. The molecule has 19 heavy (non-hydrogen) atoms. The second-order valence-electron chi connectivity index (χ2n) is 4.71. The zero-order valence-corrected chi connectivity index (χ0v) is 12.2. The van der Waals surface area contributed by atoms with E-state index < -0.39 is 0 Å². The predicted molar refractivity (Wildman–Crippen MR) is 74.8 cm³/mol. The van der Waals surface area contributed by atoms with Gasteiger partial charge in [-0.25, -0.2) is 0 Å². The van der Waals surface area contributed by atoms with E-state index >= 15 is 0 Å². The molecule has 0 aromatic carbocycles. The first-order valence-corrected chi connectivity index (χ1v) is 6.99. The Bertz CT molecular complexity index is 388. The summed E-state index contributed by atoms with van der Waals surface area (Å²) in [6.45, 7) is 6.16. The zero-order valence-electron chi connectivity index (χ0n) is 12.2. The van der Waals surface area contributed by atoms with Crippen molar-refractivity contribution in [1.29, 1.82) is 0 Å². The van der Waals surface area contributed by atoms with Gasteiger partial charge >= 0.3 is 5.97 Å². The third kappa shape index (κ3) is 6.38. The fraction of sp³-hybridized carbons (Fsp3) is 0.714. The lowest BCUT2D eigenvalue weighted by atomic mass is 10.2. The number of carbonyl (C=O) groups is 1. The molecule has 108 valence electrons. The van der Waals surface area contributed by atoms with Crippen LogP contribution in [0, 0.1) is 6.92 Å². The van der Waals surface area contributed by atoms with Crippen molar-refractivity contribution in [3.8, 4) is 0 Å². The maximum absolute atomic E-state index is 11.1. The molecule has 0 unspecified atom stereocenters. The minimum absolute atomic E-state index is 0.0820. The van der Waals surface area contributed by atoms with Gasteiger partial charge in [-0.3, -0.25) is 9.48 Å². The highest BCUT2D eigenvalue weighted by Gasteiger charge is 2.02. The Hall–Kier alpha value is -1.36. The van der Waals surface area contributed by atoms with Crippen LogP contribution in [-0.2, 0) is 23.1 Å². The summed E-state index contributed by atoms with van der Waals surface area (Å²) in [7, 11) is 1.94. The van der Waals surface area contributed by atoms with Crippen molar-refractivity contribution in [3.63, 3.8) is 0 Å². The van der Waals surface area contributed by atoms with Gasteiger partial charge in [0.25, 0.3) is 0 Å². The number of esters is 1. The van der Waals surface area contributed by atoms with Gasteiger partial charge < -0.3 is 10.1 Å². The molecule has 1 heterocycles. The molecule has 0 amide bonds. The van der Waals surface area contributed by atoms with Crippen molar-refractivity contribution in [3.05, 3.63) is 17.5 Å². The topological polar surface area (TPSA) is 56.1 Å². The number of nitrogens with zero attached hydrogens (tertiary/aromatic N) is 2. The fourth-order valence-corrected chi connectivity index (χ4v) is 1.97. The summed E-state index contributed by atoms with van der Waals surface area (Å²) in [6, 6.07) is 0. The average molecular weight is 267 g/mol. The van der Waals surface area contributed by atoms with Gasteiger partial charge in [-0.1, -0.05) is 6.42 Å². The molecule has 1 rings (SSSR count). The Labute approximate surface area is 115 Å². The molecule has 0 radical (unpaired) electrons. The zero-order chi connectivity index (χ0) is 14.1. The summed E-state index contributed by atoms with van der Waals surface area (Å²) >= 11 is 0. The Balaban J connectivity index is 2.00. The summed E-state index contributed by atoms with van der Waals surface area (Å²) in [6.07, 6.45) is 5.63. The van der Waals surface area contributed by atoms with E-state index in [1.165, 1.54) is 5.56 Å². The van der Waals surface area contributed by atoms with Gasteiger partial charge in [0.2, 0.25) is 0 Å². The van der Waals surface area contributed by atoms with Gasteiger partial charge in [0.15, 0.2) is 0 Å². The van der Waals surface area contributed by atoms with Crippen molar-refractivity contribution in [2.24, 2.45) is 7.05 Å². The van der Waals surface area contributed by atoms with Crippen LogP contribution in [0.5, 0.6) is 0 Å². The van der Waals surface area contributed by atoms with Crippen LogP contribution >= 0.6 is 0 Å². The minimum Gasteiger partial charge on any atom is -0.466 e. The molecule has 0 bridgehead atoms. The van der Waals surface area contributed by atoms with Crippen LogP contribution in [0.1, 0.15) is 43.9 Å². The molecule has 0 aliphatic carbocycles.